The summed E-state index contributed by atoms with van der Waals surface area (Å²) in [5, 5.41) is 7.98. The largest absolute Gasteiger partial charge is 0.424 e. The summed E-state index contributed by atoms with van der Waals surface area (Å²) in [6.45, 7) is 15.0. The van der Waals surface area contributed by atoms with Gasteiger partial charge in [-0.3, -0.25) is 4.90 Å². The smallest absolute Gasteiger partial charge is 0.230 e. The molecule has 0 bridgehead atoms. The molecule has 0 N–H and O–H groups in total. The first-order valence-electron chi connectivity index (χ1n) is 9.00. The number of hydrogen-bond donors (Lipinski definition) is 0. The fourth-order valence-corrected chi connectivity index (χ4v) is 2.89. The van der Waals surface area contributed by atoms with Gasteiger partial charge in [0.15, 0.2) is 0 Å². The van der Waals surface area contributed by atoms with E-state index in [0.29, 0.717) is 18.3 Å². The molecule has 2 aromatic rings. The Hall–Kier alpha value is -2.02. The molecule has 7 nitrogen and oxygen atoms in total. The zero-order valence-corrected chi connectivity index (χ0v) is 15.9. The molecule has 0 radical (unpaired) electrons. The van der Waals surface area contributed by atoms with E-state index in [-0.39, 0.29) is 5.41 Å². The van der Waals surface area contributed by atoms with Crippen LogP contribution in [0, 0.1) is 6.92 Å². The molecular weight excluding hydrogens is 316 g/mol. The standard InChI is InChI=1S/C18H28N6O/c1-6-14-11-15(20-17(19-14)18(3,4)5)24-9-7-23(8-10-24)12-16-22-21-13(2)25-16/h11H,6-10,12H2,1-5H3. The predicted octanol–water partition coefficient (Wildman–Crippen LogP) is 2.35. The summed E-state index contributed by atoms with van der Waals surface area (Å²) in [7, 11) is 0. The summed E-state index contributed by atoms with van der Waals surface area (Å²) in [6, 6.07) is 2.13. The molecule has 1 aliphatic heterocycles. The number of anilines is 1. The second kappa shape index (κ2) is 7.07. The van der Waals surface area contributed by atoms with Crippen molar-refractivity contribution in [2.45, 2.75) is 53.0 Å². The van der Waals surface area contributed by atoms with E-state index in [0.717, 1.165) is 49.9 Å². The fourth-order valence-electron chi connectivity index (χ4n) is 2.89. The van der Waals surface area contributed by atoms with Crippen molar-refractivity contribution in [3.8, 4) is 0 Å². The Labute approximate surface area is 149 Å². The normalized spacial score (nSPS) is 16.4. The van der Waals surface area contributed by atoms with Crippen LogP contribution in [-0.2, 0) is 18.4 Å². The summed E-state index contributed by atoms with van der Waals surface area (Å²) >= 11 is 0. The summed E-state index contributed by atoms with van der Waals surface area (Å²) in [4.78, 5) is 14.3. The topological polar surface area (TPSA) is 71.2 Å². The highest BCUT2D eigenvalue weighted by Gasteiger charge is 2.23. The summed E-state index contributed by atoms with van der Waals surface area (Å²) in [5.41, 5.74) is 1.07. The average Bonchev–Trinajstić information content (AvgIpc) is 2.99. The van der Waals surface area contributed by atoms with Crippen molar-refractivity contribution in [1.82, 2.24) is 25.1 Å². The molecule has 0 unspecified atom stereocenters. The highest BCUT2D eigenvalue weighted by atomic mass is 16.4. The summed E-state index contributed by atoms with van der Waals surface area (Å²) < 4.78 is 5.48. The van der Waals surface area contributed by atoms with E-state index < -0.39 is 0 Å². The number of rotatable bonds is 4. The van der Waals surface area contributed by atoms with Crippen LogP contribution in [0.3, 0.4) is 0 Å². The molecule has 1 saturated heterocycles. The second-order valence-corrected chi connectivity index (χ2v) is 7.62. The van der Waals surface area contributed by atoms with E-state index >= 15 is 0 Å². The first-order valence-corrected chi connectivity index (χ1v) is 9.00. The maximum Gasteiger partial charge on any atom is 0.230 e. The molecule has 3 heterocycles. The van der Waals surface area contributed by atoms with Crippen molar-refractivity contribution >= 4 is 5.82 Å². The lowest BCUT2D eigenvalue weighted by molar-refractivity contribution is 0.224. The van der Waals surface area contributed by atoms with Crippen molar-refractivity contribution < 1.29 is 4.42 Å². The molecule has 136 valence electrons. The fraction of sp³-hybridized carbons (Fsp3) is 0.667. The molecule has 0 aliphatic carbocycles. The Balaban J connectivity index is 1.68. The lowest BCUT2D eigenvalue weighted by Crippen LogP contribution is -2.46. The minimum atomic E-state index is -0.0441. The van der Waals surface area contributed by atoms with Crippen LogP contribution in [0.5, 0.6) is 0 Å². The molecule has 1 fully saturated rings. The van der Waals surface area contributed by atoms with Gasteiger partial charge in [0, 0.05) is 50.3 Å². The maximum absolute atomic E-state index is 5.48. The third-order valence-electron chi connectivity index (χ3n) is 4.42. The van der Waals surface area contributed by atoms with Gasteiger partial charge in [0.25, 0.3) is 0 Å². The molecule has 25 heavy (non-hydrogen) atoms. The van der Waals surface area contributed by atoms with Crippen LogP contribution in [0.2, 0.25) is 0 Å². The van der Waals surface area contributed by atoms with Crippen molar-refractivity contribution in [1.29, 1.82) is 0 Å². The Morgan fingerprint density at radius 2 is 1.80 bits per heavy atom. The molecule has 0 aromatic carbocycles. The van der Waals surface area contributed by atoms with Crippen LogP contribution in [0.4, 0.5) is 5.82 Å². The zero-order valence-electron chi connectivity index (χ0n) is 15.9. The van der Waals surface area contributed by atoms with E-state index in [1.165, 1.54) is 0 Å². The van der Waals surface area contributed by atoms with Crippen LogP contribution in [0.25, 0.3) is 0 Å². The molecular formula is C18H28N6O. The number of aryl methyl sites for hydroxylation is 2. The van der Waals surface area contributed by atoms with Crippen LogP contribution in [-0.4, -0.2) is 51.2 Å². The van der Waals surface area contributed by atoms with Crippen molar-refractivity contribution in [2.24, 2.45) is 0 Å². The highest BCUT2D eigenvalue weighted by molar-refractivity contribution is 5.41. The predicted molar refractivity (Wildman–Crippen MR) is 96.6 cm³/mol. The van der Waals surface area contributed by atoms with E-state index in [1.54, 1.807) is 0 Å². The Bertz CT molecular complexity index is 713. The van der Waals surface area contributed by atoms with Crippen LogP contribution in [0.1, 0.15) is 51.0 Å². The van der Waals surface area contributed by atoms with Crippen LogP contribution < -0.4 is 4.90 Å². The lowest BCUT2D eigenvalue weighted by Gasteiger charge is -2.35. The van der Waals surface area contributed by atoms with Gasteiger partial charge in [-0.25, -0.2) is 9.97 Å². The van der Waals surface area contributed by atoms with Gasteiger partial charge < -0.3 is 9.32 Å². The molecule has 0 saturated carbocycles. The van der Waals surface area contributed by atoms with Gasteiger partial charge in [-0.15, -0.1) is 10.2 Å². The highest BCUT2D eigenvalue weighted by Crippen LogP contribution is 2.23. The molecule has 0 amide bonds. The van der Waals surface area contributed by atoms with Gasteiger partial charge in [-0.05, 0) is 6.42 Å². The quantitative estimate of drug-likeness (QED) is 0.843. The molecule has 7 heteroatoms. The van der Waals surface area contributed by atoms with Gasteiger partial charge in [-0.2, -0.15) is 0 Å². The minimum absolute atomic E-state index is 0.0441. The van der Waals surface area contributed by atoms with Gasteiger partial charge in [-0.1, -0.05) is 27.7 Å². The van der Waals surface area contributed by atoms with Gasteiger partial charge in [0.1, 0.15) is 11.6 Å². The monoisotopic (exact) mass is 344 g/mol. The lowest BCUT2D eigenvalue weighted by atomic mass is 9.95. The third-order valence-corrected chi connectivity index (χ3v) is 4.42. The Morgan fingerprint density at radius 3 is 2.36 bits per heavy atom. The number of aromatic nitrogens is 4. The van der Waals surface area contributed by atoms with Gasteiger partial charge in [0.2, 0.25) is 11.8 Å². The first kappa shape index (κ1) is 17.8. The first-order chi connectivity index (χ1) is 11.8. The Kier molecular flexibility index (Phi) is 5.03. The van der Waals surface area contributed by atoms with Gasteiger partial charge >= 0.3 is 0 Å². The minimum Gasteiger partial charge on any atom is -0.424 e. The molecule has 0 spiro atoms. The Morgan fingerprint density at radius 1 is 1.08 bits per heavy atom. The number of nitrogens with zero attached hydrogens (tertiary/aromatic N) is 6. The zero-order chi connectivity index (χ0) is 18.0. The number of piperazine rings is 1. The number of hydrogen-bond acceptors (Lipinski definition) is 7. The van der Waals surface area contributed by atoms with Crippen molar-refractivity contribution in [3.05, 3.63) is 29.4 Å². The van der Waals surface area contributed by atoms with E-state index in [4.69, 9.17) is 14.4 Å². The molecule has 0 atom stereocenters. The van der Waals surface area contributed by atoms with E-state index in [9.17, 15) is 0 Å². The maximum atomic E-state index is 5.48. The van der Waals surface area contributed by atoms with Crippen molar-refractivity contribution in [3.63, 3.8) is 0 Å². The van der Waals surface area contributed by atoms with E-state index in [1.807, 2.05) is 6.92 Å². The molecule has 2 aromatic heterocycles. The average molecular weight is 344 g/mol. The molecule has 3 rings (SSSR count). The second-order valence-electron chi connectivity index (χ2n) is 7.62. The van der Waals surface area contributed by atoms with Crippen LogP contribution in [0.15, 0.2) is 10.5 Å². The van der Waals surface area contributed by atoms with Crippen LogP contribution >= 0.6 is 0 Å². The third kappa shape index (κ3) is 4.34. The summed E-state index contributed by atoms with van der Waals surface area (Å²) in [5.74, 6) is 3.28. The SMILES string of the molecule is CCc1cc(N2CCN(Cc3nnc(C)o3)CC2)nc(C(C)(C)C)n1. The van der Waals surface area contributed by atoms with Gasteiger partial charge in [0.05, 0.1) is 6.54 Å². The molecule has 1 aliphatic rings. The summed E-state index contributed by atoms with van der Waals surface area (Å²) in [6.07, 6.45) is 0.926. The van der Waals surface area contributed by atoms with E-state index in [2.05, 4.69) is 53.8 Å². The van der Waals surface area contributed by atoms with Crippen molar-refractivity contribution in [2.75, 3.05) is 31.1 Å².